The van der Waals surface area contributed by atoms with E-state index in [0.717, 1.165) is 38.0 Å². The molecule has 0 radical (unpaired) electrons. The Morgan fingerprint density at radius 2 is 1.84 bits per heavy atom. The molecule has 0 amide bonds. The first-order chi connectivity index (χ1) is 11.9. The van der Waals surface area contributed by atoms with E-state index in [0.29, 0.717) is 11.8 Å². The zero-order valence-electron chi connectivity index (χ0n) is 16.9. The predicted molar refractivity (Wildman–Crippen MR) is 104 cm³/mol. The molecule has 2 nitrogen and oxygen atoms in total. The molecular weight excluding hydrogens is 308 g/mol. The van der Waals surface area contributed by atoms with Gasteiger partial charge in [-0.25, -0.2) is 0 Å². The van der Waals surface area contributed by atoms with Gasteiger partial charge in [-0.2, -0.15) is 0 Å². The maximum absolute atomic E-state index is 11.2. The molecule has 2 heteroatoms. The Morgan fingerprint density at radius 3 is 2.52 bits per heavy atom. The van der Waals surface area contributed by atoms with Crippen LogP contribution < -0.4 is 0 Å². The van der Waals surface area contributed by atoms with Gasteiger partial charge < -0.3 is 10.2 Å². The lowest BCUT2D eigenvalue weighted by atomic mass is 9.47. The molecule has 0 aliphatic heterocycles. The summed E-state index contributed by atoms with van der Waals surface area (Å²) in [5, 5.41) is 21.3. The highest BCUT2D eigenvalue weighted by molar-refractivity contribution is 5.30. The fourth-order valence-corrected chi connectivity index (χ4v) is 7.09. The highest BCUT2D eigenvalue weighted by atomic mass is 16.3. The van der Waals surface area contributed by atoms with Gasteiger partial charge in [0.1, 0.15) is 0 Å². The summed E-state index contributed by atoms with van der Waals surface area (Å²) in [6.45, 7) is 11.0. The van der Waals surface area contributed by atoms with Crippen molar-refractivity contribution in [2.75, 3.05) is 0 Å². The van der Waals surface area contributed by atoms with Crippen molar-refractivity contribution >= 4 is 0 Å². The molecule has 0 aromatic rings. The lowest BCUT2D eigenvalue weighted by Crippen LogP contribution is -2.55. The molecular formula is C23H38O2. The van der Waals surface area contributed by atoms with Crippen molar-refractivity contribution in [1.29, 1.82) is 0 Å². The number of hydrogen-bond acceptors (Lipinski definition) is 2. The first-order valence-electron chi connectivity index (χ1n) is 10.6. The van der Waals surface area contributed by atoms with Crippen molar-refractivity contribution in [2.24, 2.45) is 28.6 Å². The molecule has 142 valence electrons. The third-order valence-electron chi connectivity index (χ3n) is 8.21. The average molecular weight is 347 g/mol. The molecule has 7 atom stereocenters. The first kappa shape index (κ1) is 19.2. The molecule has 0 aromatic carbocycles. The zero-order valence-corrected chi connectivity index (χ0v) is 16.9. The Labute approximate surface area is 154 Å². The Kier molecular flexibility index (Phi) is 5.25. The predicted octanol–water partition coefficient (Wildman–Crippen LogP) is 5.25. The fourth-order valence-electron chi connectivity index (χ4n) is 7.09. The Bertz CT molecular complexity index is 562. The van der Waals surface area contributed by atoms with Crippen molar-refractivity contribution < 1.29 is 10.2 Å². The van der Waals surface area contributed by atoms with Gasteiger partial charge in [0, 0.05) is 0 Å². The van der Waals surface area contributed by atoms with Crippen LogP contribution in [0.25, 0.3) is 0 Å². The van der Waals surface area contributed by atoms with Gasteiger partial charge >= 0.3 is 0 Å². The Balaban J connectivity index is 0.000000880. The molecule has 0 bridgehead atoms. The lowest BCUT2D eigenvalue weighted by Gasteiger charge is -2.59. The van der Waals surface area contributed by atoms with Gasteiger partial charge in [0.2, 0.25) is 0 Å². The maximum atomic E-state index is 11.2. The van der Waals surface area contributed by atoms with Crippen LogP contribution in [0.3, 0.4) is 0 Å². The van der Waals surface area contributed by atoms with Crippen LogP contribution in [-0.2, 0) is 0 Å². The summed E-state index contributed by atoms with van der Waals surface area (Å²) in [6.07, 6.45) is 11.7. The van der Waals surface area contributed by atoms with Crippen molar-refractivity contribution in [1.82, 2.24) is 0 Å². The lowest BCUT2D eigenvalue weighted by molar-refractivity contribution is -0.107. The molecule has 3 fully saturated rings. The Morgan fingerprint density at radius 1 is 1.12 bits per heavy atom. The largest absolute Gasteiger partial charge is 0.393 e. The van der Waals surface area contributed by atoms with E-state index in [1.807, 2.05) is 13.8 Å². The van der Waals surface area contributed by atoms with Crippen molar-refractivity contribution in [3.05, 3.63) is 23.3 Å². The SMILES string of the molecule is C/C=C1/CCC2C3CC=C4CC(O)CCC4(C)C3C(O)CC12C.CC. The van der Waals surface area contributed by atoms with E-state index >= 15 is 0 Å². The second-order valence-corrected chi connectivity index (χ2v) is 9.12. The molecule has 25 heavy (non-hydrogen) atoms. The van der Waals surface area contributed by atoms with Crippen LogP contribution in [0.2, 0.25) is 0 Å². The third-order valence-corrected chi connectivity index (χ3v) is 8.21. The van der Waals surface area contributed by atoms with Gasteiger partial charge in [0.15, 0.2) is 0 Å². The summed E-state index contributed by atoms with van der Waals surface area (Å²) >= 11 is 0. The minimum absolute atomic E-state index is 0.113. The second kappa shape index (κ2) is 6.85. The summed E-state index contributed by atoms with van der Waals surface area (Å²) < 4.78 is 0. The van der Waals surface area contributed by atoms with Crippen LogP contribution >= 0.6 is 0 Å². The highest BCUT2D eigenvalue weighted by Gasteiger charge is 2.60. The molecule has 0 heterocycles. The topological polar surface area (TPSA) is 40.5 Å². The number of hydrogen-bond donors (Lipinski definition) is 2. The van der Waals surface area contributed by atoms with Crippen LogP contribution in [-0.4, -0.2) is 22.4 Å². The van der Waals surface area contributed by atoms with Crippen molar-refractivity contribution in [3.8, 4) is 0 Å². The van der Waals surface area contributed by atoms with E-state index < -0.39 is 0 Å². The van der Waals surface area contributed by atoms with E-state index in [2.05, 4.69) is 32.9 Å². The summed E-state index contributed by atoms with van der Waals surface area (Å²) in [5.41, 5.74) is 3.34. The quantitative estimate of drug-likeness (QED) is 0.588. The number of fused-ring (bicyclic) bond motifs is 5. The standard InChI is InChI=1S/C21H32O2.C2H6/c1-4-13-6-8-17-16-7-5-14-11-15(22)9-10-20(14,2)19(16)18(23)12-21(13,17)3;1-2/h4-5,15-19,22-23H,6-12H2,1-3H3;1-2H3/b13-4-;. The van der Waals surface area contributed by atoms with E-state index in [9.17, 15) is 10.2 Å². The minimum atomic E-state index is -0.196. The number of allylic oxidation sites excluding steroid dienone is 3. The van der Waals surface area contributed by atoms with Gasteiger partial charge in [-0.1, -0.05) is 51.0 Å². The van der Waals surface area contributed by atoms with Crippen LogP contribution in [0.5, 0.6) is 0 Å². The van der Waals surface area contributed by atoms with Crippen LogP contribution in [0.1, 0.15) is 79.6 Å². The maximum Gasteiger partial charge on any atom is 0.0587 e. The number of aliphatic hydroxyl groups excluding tert-OH is 2. The van der Waals surface area contributed by atoms with Gasteiger partial charge in [0.05, 0.1) is 12.2 Å². The molecule has 0 saturated heterocycles. The highest BCUT2D eigenvalue weighted by Crippen LogP contribution is 2.66. The molecule has 4 rings (SSSR count). The number of rotatable bonds is 0. The molecule has 7 unspecified atom stereocenters. The molecule has 3 saturated carbocycles. The van der Waals surface area contributed by atoms with Crippen LogP contribution in [0.15, 0.2) is 23.3 Å². The second-order valence-electron chi connectivity index (χ2n) is 9.12. The van der Waals surface area contributed by atoms with E-state index in [1.54, 1.807) is 5.57 Å². The molecule has 4 aliphatic rings. The van der Waals surface area contributed by atoms with E-state index in [4.69, 9.17) is 0 Å². The monoisotopic (exact) mass is 346 g/mol. The Hall–Kier alpha value is -0.600. The summed E-state index contributed by atoms with van der Waals surface area (Å²) in [5.74, 6) is 1.73. The molecule has 2 N–H and O–H groups in total. The van der Waals surface area contributed by atoms with Crippen LogP contribution in [0.4, 0.5) is 0 Å². The summed E-state index contributed by atoms with van der Waals surface area (Å²) in [6, 6.07) is 0. The van der Waals surface area contributed by atoms with Crippen molar-refractivity contribution in [3.63, 3.8) is 0 Å². The molecule has 4 aliphatic carbocycles. The summed E-state index contributed by atoms with van der Waals surface area (Å²) in [7, 11) is 0. The van der Waals surface area contributed by atoms with Gasteiger partial charge in [-0.3, -0.25) is 0 Å². The number of aliphatic hydroxyl groups is 2. The van der Waals surface area contributed by atoms with E-state index in [-0.39, 0.29) is 23.0 Å². The first-order valence-corrected chi connectivity index (χ1v) is 10.6. The third kappa shape index (κ3) is 2.75. The molecule has 0 spiro atoms. The smallest absolute Gasteiger partial charge is 0.0587 e. The fraction of sp³-hybridized carbons (Fsp3) is 0.826. The molecule has 0 aromatic heterocycles. The normalized spacial score (nSPS) is 50.1. The van der Waals surface area contributed by atoms with Gasteiger partial charge in [-0.05, 0) is 80.5 Å². The van der Waals surface area contributed by atoms with Gasteiger partial charge in [-0.15, -0.1) is 0 Å². The zero-order chi connectivity index (χ0) is 18.4. The average Bonchev–Trinajstić information content (AvgIpc) is 2.92. The summed E-state index contributed by atoms with van der Waals surface area (Å²) in [4.78, 5) is 0. The van der Waals surface area contributed by atoms with Crippen molar-refractivity contribution in [2.45, 2.75) is 91.8 Å². The minimum Gasteiger partial charge on any atom is -0.393 e. The van der Waals surface area contributed by atoms with E-state index in [1.165, 1.54) is 18.4 Å². The van der Waals surface area contributed by atoms with Crippen LogP contribution in [0, 0.1) is 28.6 Å². The van der Waals surface area contributed by atoms with Gasteiger partial charge in [0.25, 0.3) is 0 Å².